The molecule has 154 valence electrons. The van der Waals surface area contributed by atoms with Crippen LogP contribution >= 0.6 is 0 Å². The zero-order valence-corrected chi connectivity index (χ0v) is 17.6. The Morgan fingerprint density at radius 2 is 1.86 bits per heavy atom. The Labute approximate surface area is 172 Å². The predicted octanol–water partition coefficient (Wildman–Crippen LogP) is 3.36. The highest BCUT2D eigenvalue weighted by Gasteiger charge is 2.52. The molecule has 8 heteroatoms. The second-order valence-corrected chi connectivity index (χ2v) is 8.15. The second-order valence-electron chi connectivity index (χ2n) is 8.15. The van der Waals surface area contributed by atoms with Gasteiger partial charge in [0.05, 0.1) is 29.4 Å². The minimum Gasteiger partial charge on any atom is -0.445 e. The molecule has 7 nitrogen and oxygen atoms in total. The molecule has 1 aliphatic heterocycles. The molecule has 1 amide bonds. The van der Waals surface area contributed by atoms with Gasteiger partial charge < -0.3 is 23.9 Å². The van der Waals surface area contributed by atoms with E-state index >= 15 is 0 Å². The molecule has 0 saturated carbocycles. The van der Waals surface area contributed by atoms with E-state index in [0.717, 1.165) is 16.7 Å². The van der Waals surface area contributed by atoms with Crippen molar-refractivity contribution < 1.29 is 18.8 Å². The van der Waals surface area contributed by atoms with Gasteiger partial charge in [-0.05, 0) is 44.8 Å². The van der Waals surface area contributed by atoms with E-state index in [2.05, 4.69) is 10.3 Å². The number of amides is 1. The number of nitrogens with zero attached hydrogens (tertiary/aromatic N) is 2. The van der Waals surface area contributed by atoms with Crippen LogP contribution in [0.4, 0.5) is 4.79 Å². The minimum atomic E-state index is -0.579. The van der Waals surface area contributed by atoms with Gasteiger partial charge in [-0.1, -0.05) is 30.3 Å². The van der Waals surface area contributed by atoms with Crippen LogP contribution in [-0.4, -0.2) is 40.5 Å². The molecular weight excluding hydrogens is 369 g/mol. The fourth-order valence-electron chi connectivity index (χ4n) is 2.84. The van der Waals surface area contributed by atoms with Gasteiger partial charge in [0.15, 0.2) is 0 Å². The maximum Gasteiger partial charge on any atom is 0.492 e. The molecule has 2 aromatic rings. The lowest BCUT2D eigenvalue weighted by atomic mass is 9.77. The van der Waals surface area contributed by atoms with Crippen LogP contribution in [0.2, 0.25) is 0 Å². The number of aromatic nitrogens is 2. The van der Waals surface area contributed by atoms with Crippen molar-refractivity contribution in [3.8, 4) is 0 Å². The summed E-state index contributed by atoms with van der Waals surface area (Å²) in [5.74, 6) is 0. The van der Waals surface area contributed by atoms with Gasteiger partial charge in [0.25, 0.3) is 0 Å². The first kappa shape index (κ1) is 21.1. The first-order valence-electron chi connectivity index (χ1n) is 9.65. The number of nitrogens with one attached hydrogen (secondary N) is 1. The highest BCUT2D eigenvalue weighted by Crippen LogP contribution is 2.38. The van der Waals surface area contributed by atoms with E-state index in [1.54, 1.807) is 12.5 Å². The van der Waals surface area contributed by atoms with Gasteiger partial charge >= 0.3 is 13.2 Å². The lowest BCUT2D eigenvalue weighted by molar-refractivity contribution is 0.00578. The van der Waals surface area contributed by atoms with Crippen LogP contribution in [0.3, 0.4) is 0 Å². The van der Waals surface area contributed by atoms with Crippen LogP contribution in [0, 0.1) is 0 Å². The molecule has 29 heavy (non-hydrogen) atoms. The third-order valence-electron chi connectivity index (χ3n) is 5.39. The molecule has 1 aromatic heterocycles. The lowest BCUT2D eigenvalue weighted by Gasteiger charge is -2.32. The average molecular weight is 397 g/mol. The Morgan fingerprint density at radius 3 is 2.45 bits per heavy atom. The molecule has 1 saturated heterocycles. The molecule has 0 bridgehead atoms. The molecule has 0 spiro atoms. The number of hydrogen-bond acceptors (Lipinski definition) is 5. The van der Waals surface area contributed by atoms with E-state index in [9.17, 15) is 4.79 Å². The number of carbonyl (C=O) groups excluding carboxylic acids is 1. The zero-order chi connectivity index (χ0) is 21.1. The first-order chi connectivity index (χ1) is 13.7. The molecule has 1 aliphatic rings. The van der Waals surface area contributed by atoms with Crippen molar-refractivity contribution in [3.05, 3.63) is 59.6 Å². The summed E-state index contributed by atoms with van der Waals surface area (Å²) in [6.07, 6.45) is 4.89. The quantitative estimate of drug-likeness (QED) is 0.757. The van der Waals surface area contributed by atoms with E-state index < -0.39 is 24.4 Å². The molecular formula is C21H28BN3O4. The largest absolute Gasteiger partial charge is 0.492 e. The summed E-state index contributed by atoms with van der Waals surface area (Å²) < 4.78 is 19.5. The molecule has 0 aliphatic carbocycles. The van der Waals surface area contributed by atoms with Crippen LogP contribution in [-0.2, 0) is 27.7 Å². The van der Waals surface area contributed by atoms with Gasteiger partial charge in [-0.2, -0.15) is 0 Å². The Hall–Kier alpha value is -2.58. The summed E-state index contributed by atoms with van der Waals surface area (Å²) in [6, 6.07) is 9.55. The summed E-state index contributed by atoms with van der Waals surface area (Å²) in [6.45, 7) is 8.43. The molecule has 0 unspecified atom stereocenters. The number of benzene rings is 1. The van der Waals surface area contributed by atoms with Crippen molar-refractivity contribution in [2.45, 2.75) is 45.5 Å². The van der Waals surface area contributed by atoms with Gasteiger partial charge in [0.1, 0.15) is 6.61 Å². The van der Waals surface area contributed by atoms with Crippen molar-refractivity contribution >= 4 is 19.3 Å². The third-order valence-corrected chi connectivity index (χ3v) is 5.39. The smallest absolute Gasteiger partial charge is 0.445 e. The predicted molar refractivity (Wildman–Crippen MR) is 112 cm³/mol. The molecule has 0 atom stereocenters. The molecule has 3 rings (SSSR count). The molecule has 1 aromatic carbocycles. The molecule has 1 N–H and O–H groups in total. The highest BCUT2D eigenvalue weighted by molar-refractivity contribution is 6.56. The van der Waals surface area contributed by atoms with Gasteiger partial charge in [-0.25, -0.2) is 9.78 Å². The van der Waals surface area contributed by atoms with Crippen LogP contribution in [0.25, 0.3) is 6.08 Å². The Balaban J connectivity index is 1.68. The lowest BCUT2D eigenvalue weighted by Crippen LogP contribution is -2.41. The van der Waals surface area contributed by atoms with Crippen molar-refractivity contribution in [1.29, 1.82) is 0 Å². The van der Waals surface area contributed by atoms with Crippen molar-refractivity contribution in [2.75, 3.05) is 6.54 Å². The van der Waals surface area contributed by atoms with Crippen LogP contribution in [0.1, 0.15) is 39.0 Å². The molecule has 2 heterocycles. The number of aryl methyl sites for hydroxylation is 1. The van der Waals surface area contributed by atoms with Crippen molar-refractivity contribution in [2.24, 2.45) is 7.05 Å². The monoisotopic (exact) mass is 397 g/mol. The Kier molecular flexibility index (Phi) is 6.14. The van der Waals surface area contributed by atoms with E-state index in [1.807, 2.05) is 75.7 Å². The summed E-state index contributed by atoms with van der Waals surface area (Å²) in [7, 11) is 1.33. The summed E-state index contributed by atoms with van der Waals surface area (Å²) in [5.41, 5.74) is 1.64. The molecule has 1 fully saturated rings. The normalized spacial score (nSPS) is 18.0. The van der Waals surface area contributed by atoms with Crippen LogP contribution in [0.15, 0.2) is 48.3 Å². The number of alkyl carbamates (subject to hydrolysis) is 1. The molecule has 0 radical (unpaired) electrons. The zero-order valence-electron chi connectivity index (χ0n) is 17.6. The Morgan fingerprint density at radius 1 is 1.21 bits per heavy atom. The van der Waals surface area contributed by atoms with Gasteiger partial charge in [0.2, 0.25) is 0 Å². The van der Waals surface area contributed by atoms with Crippen molar-refractivity contribution in [1.82, 2.24) is 14.9 Å². The number of carbonyl (C=O) groups is 1. The summed E-state index contributed by atoms with van der Waals surface area (Å²) in [4.78, 5) is 16.3. The average Bonchev–Trinajstić information content (AvgIpc) is 3.16. The second kappa shape index (κ2) is 8.43. The third kappa shape index (κ3) is 5.08. The van der Waals surface area contributed by atoms with Gasteiger partial charge in [-0.3, -0.25) is 0 Å². The van der Waals surface area contributed by atoms with E-state index in [-0.39, 0.29) is 13.2 Å². The van der Waals surface area contributed by atoms with E-state index in [1.165, 1.54) is 0 Å². The number of hydrogen-bond donors (Lipinski definition) is 1. The number of rotatable bonds is 6. The van der Waals surface area contributed by atoms with E-state index in [4.69, 9.17) is 14.0 Å². The standard InChI is InChI=1S/C21H28BN3O4/c1-20(2)21(3,4)29-22(28-20)17(11-18-13-23-15-25(18)5)12-24-19(26)27-14-16-9-7-6-8-10-16/h6-11,13,15H,12,14H2,1-5H3,(H,24,26). The summed E-state index contributed by atoms with van der Waals surface area (Å²) in [5, 5.41) is 2.80. The fraction of sp³-hybridized carbons (Fsp3) is 0.429. The maximum atomic E-state index is 12.2. The minimum absolute atomic E-state index is 0.212. The number of imidazole rings is 1. The van der Waals surface area contributed by atoms with Gasteiger partial charge in [-0.15, -0.1) is 0 Å². The first-order valence-corrected chi connectivity index (χ1v) is 9.65. The van der Waals surface area contributed by atoms with Gasteiger partial charge in [0, 0.05) is 13.6 Å². The Bertz CT molecular complexity index is 861. The van der Waals surface area contributed by atoms with Crippen LogP contribution < -0.4 is 5.32 Å². The van der Waals surface area contributed by atoms with E-state index in [0.29, 0.717) is 0 Å². The van der Waals surface area contributed by atoms with Crippen LogP contribution in [0.5, 0.6) is 0 Å². The SMILES string of the molecule is Cn1cncc1C=C(CNC(=O)OCc1ccccc1)B1OC(C)(C)C(C)(C)O1. The maximum absolute atomic E-state index is 12.2. The number of ether oxygens (including phenoxy) is 1. The van der Waals surface area contributed by atoms with Crippen molar-refractivity contribution in [3.63, 3.8) is 0 Å². The topological polar surface area (TPSA) is 74.6 Å². The fourth-order valence-corrected chi connectivity index (χ4v) is 2.84. The highest BCUT2D eigenvalue weighted by atomic mass is 16.7. The summed E-state index contributed by atoms with van der Waals surface area (Å²) >= 11 is 0.